The molecule has 0 spiro atoms. The number of nitriles is 1. The minimum Gasteiger partial charge on any atom is -0.399 e. The van der Waals surface area contributed by atoms with Crippen molar-refractivity contribution < 1.29 is 10.2 Å². The zero-order valence-electron chi connectivity index (χ0n) is 9.14. The van der Waals surface area contributed by atoms with Gasteiger partial charge in [-0.25, -0.2) is 0 Å². The number of nitrogen functional groups attached to an aromatic ring is 1. The lowest BCUT2D eigenvalue weighted by Crippen LogP contribution is -1.82. The summed E-state index contributed by atoms with van der Waals surface area (Å²) >= 11 is 0. The Morgan fingerprint density at radius 1 is 1.13 bits per heavy atom. The number of aliphatic hydroxyl groups is 2. The van der Waals surface area contributed by atoms with Crippen LogP contribution in [0.3, 0.4) is 0 Å². The molecular formula is C11H18N2O2. The Morgan fingerprint density at radius 3 is 1.73 bits per heavy atom. The molecular weight excluding hydrogens is 192 g/mol. The largest absolute Gasteiger partial charge is 0.399 e. The van der Waals surface area contributed by atoms with E-state index in [1.807, 2.05) is 6.07 Å². The smallest absolute Gasteiger partial charge is 0.0991 e. The van der Waals surface area contributed by atoms with Gasteiger partial charge < -0.3 is 15.9 Å². The van der Waals surface area contributed by atoms with Crippen molar-refractivity contribution in [3.8, 4) is 6.07 Å². The van der Waals surface area contributed by atoms with Crippen molar-refractivity contribution >= 4 is 5.69 Å². The van der Waals surface area contributed by atoms with E-state index >= 15 is 0 Å². The number of nitrogens with two attached hydrogens (primary N) is 1. The zero-order chi connectivity index (χ0) is 12.1. The van der Waals surface area contributed by atoms with Gasteiger partial charge >= 0.3 is 0 Å². The first-order valence-corrected chi connectivity index (χ1v) is 4.63. The Hall–Kier alpha value is -1.57. The standard InChI is InChI=1S/C7H6N2.2C2H6O/c8-5-6-1-3-7(9)4-2-6;2*1-2-3/h1-4H,9H2;2*3H,2H2,1H3. The summed E-state index contributed by atoms with van der Waals surface area (Å²) in [6.07, 6.45) is 0. The first kappa shape index (κ1) is 15.9. The fraction of sp³-hybridized carbons (Fsp3) is 0.364. The van der Waals surface area contributed by atoms with Gasteiger partial charge in [0.2, 0.25) is 0 Å². The first-order valence-electron chi connectivity index (χ1n) is 4.63. The average molecular weight is 210 g/mol. The quantitative estimate of drug-likeness (QED) is 0.560. The fourth-order valence-electron chi connectivity index (χ4n) is 0.558. The summed E-state index contributed by atoms with van der Waals surface area (Å²) in [4.78, 5) is 0. The van der Waals surface area contributed by atoms with E-state index in [0.717, 1.165) is 0 Å². The van der Waals surface area contributed by atoms with Gasteiger partial charge in [0, 0.05) is 18.9 Å². The molecule has 4 N–H and O–H groups in total. The van der Waals surface area contributed by atoms with Crippen molar-refractivity contribution in [2.75, 3.05) is 18.9 Å². The van der Waals surface area contributed by atoms with E-state index in [0.29, 0.717) is 11.3 Å². The molecule has 0 fully saturated rings. The number of benzene rings is 1. The third kappa shape index (κ3) is 12.4. The van der Waals surface area contributed by atoms with Crippen LogP contribution >= 0.6 is 0 Å². The molecule has 0 saturated heterocycles. The summed E-state index contributed by atoms with van der Waals surface area (Å²) in [7, 11) is 0. The van der Waals surface area contributed by atoms with Crippen LogP contribution in [-0.4, -0.2) is 23.4 Å². The molecule has 0 unspecified atom stereocenters. The van der Waals surface area contributed by atoms with Crippen LogP contribution in [0.4, 0.5) is 5.69 Å². The Morgan fingerprint density at radius 2 is 1.47 bits per heavy atom. The molecule has 0 amide bonds. The maximum absolute atomic E-state index is 8.34. The summed E-state index contributed by atoms with van der Waals surface area (Å²) in [6.45, 7) is 3.86. The Balaban J connectivity index is 0. The summed E-state index contributed by atoms with van der Waals surface area (Å²) in [5.74, 6) is 0. The van der Waals surface area contributed by atoms with Gasteiger partial charge in [0.1, 0.15) is 0 Å². The Kier molecular flexibility index (Phi) is 13.2. The van der Waals surface area contributed by atoms with Gasteiger partial charge in [-0.1, -0.05) is 0 Å². The van der Waals surface area contributed by atoms with Gasteiger partial charge in [-0.05, 0) is 38.1 Å². The van der Waals surface area contributed by atoms with E-state index in [2.05, 4.69) is 0 Å². The molecule has 84 valence electrons. The normalized spacial score (nSPS) is 7.40. The van der Waals surface area contributed by atoms with Gasteiger partial charge in [-0.2, -0.15) is 5.26 Å². The minimum atomic E-state index is 0.250. The number of hydrogen-bond acceptors (Lipinski definition) is 4. The highest BCUT2D eigenvalue weighted by Gasteiger charge is 1.85. The van der Waals surface area contributed by atoms with Crippen LogP contribution in [0.15, 0.2) is 24.3 Å². The first-order chi connectivity index (χ1) is 7.15. The fourth-order valence-corrected chi connectivity index (χ4v) is 0.558. The van der Waals surface area contributed by atoms with Gasteiger partial charge in [-0.15, -0.1) is 0 Å². The molecule has 4 heteroatoms. The van der Waals surface area contributed by atoms with Gasteiger partial charge in [0.15, 0.2) is 0 Å². The summed E-state index contributed by atoms with van der Waals surface area (Å²) in [6, 6.07) is 8.79. The molecule has 1 aromatic carbocycles. The lowest BCUT2D eigenvalue weighted by atomic mass is 10.2. The molecule has 0 radical (unpaired) electrons. The molecule has 15 heavy (non-hydrogen) atoms. The van der Waals surface area contributed by atoms with Crippen LogP contribution in [0.1, 0.15) is 19.4 Å². The molecule has 0 aliphatic carbocycles. The number of anilines is 1. The predicted molar refractivity (Wildman–Crippen MR) is 61.1 cm³/mol. The lowest BCUT2D eigenvalue weighted by Gasteiger charge is -1.88. The molecule has 1 aromatic rings. The second kappa shape index (κ2) is 12.4. The number of rotatable bonds is 0. The van der Waals surface area contributed by atoms with Crippen LogP contribution in [0.25, 0.3) is 0 Å². The molecule has 1 rings (SSSR count). The van der Waals surface area contributed by atoms with E-state index in [-0.39, 0.29) is 13.2 Å². The van der Waals surface area contributed by atoms with E-state index in [1.54, 1.807) is 38.1 Å². The Bertz CT molecular complexity index is 263. The van der Waals surface area contributed by atoms with Crippen LogP contribution in [0.2, 0.25) is 0 Å². The Labute approximate surface area is 90.6 Å². The highest BCUT2D eigenvalue weighted by Crippen LogP contribution is 2.02. The third-order valence-electron chi connectivity index (χ3n) is 1.04. The van der Waals surface area contributed by atoms with Crippen LogP contribution in [0.5, 0.6) is 0 Å². The monoisotopic (exact) mass is 210 g/mol. The summed E-state index contributed by atoms with van der Waals surface area (Å²) < 4.78 is 0. The second-order valence-corrected chi connectivity index (χ2v) is 2.37. The number of hydrogen-bond donors (Lipinski definition) is 3. The molecule has 0 heterocycles. The summed E-state index contributed by atoms with van der Waals surface area (Å²) in [5, 5.41) is 23.5. The molecule has 0 aliphatic heterocycles. The molecule has 0 aliphatic rings. The predicted octanol–water partition coefficient (Wildman–Crippen LogP) is 1.14. The van der Waals surface area contributed by atoms with E-state index in [9.17, 15) is 0 Å². The van der Waals surface area contributed by atoms with E-state index < -0.39 is 0 Å². The lowest BCUT2D eigenvalue weighted by molar-refractivity contribution is 0.318. The van der Waals surface area contributed by atoms with Crippen LogP contribution in [0, 0.1) is 11.3 Å². The highest BCUT2D eigenvalue weighted by molar-refractivity contribution is 5.42. The SMILES string of the molecule is CCO.CCO.N#Cc1ccc(N)cc1. The summed E-state index contributed by atoms with van der Waals surface area (Å²) in [5.41, 5.74) is 6.70. The molecule has 0 saturated carbocycles. The average Bonchev–Trinajstić information content (AvgIpc) is 2.21. The maximum atomic E-state index is 8.34. The van der Waals surface area contributed by atoms with Gasteiger partial charge in [0.25, 0.3) is 0 Å². The zero-order valence-corrected chi connectivity index (χ0v) is 9.14. The highest BCUT2D eigenvalue weighted by atomic mass is 16.3. The molecule has 0 aromatic heterocycles. The molecule has 0 atom stereocenters. The van der Waals surface area contributed by atoms with Gasteiger partial charge in [0.05, 0.1) is 11.6 Å². The van der Waals surface area contributed by atoms with E-state index in [1.165, 1.54) is 0 Å². The second-order valence-electron chi connectivity index (χ2n) is 2.37. The van der Waals surface area contributed by atoms with Crippen molar-refractivity contribution in [2.45, 2.75) is 13.8 Å². The van der Waals surface area contributed by atoms with Gasteiger partial charge in [-0.3, -0.25) is 0 Å². The van der Waals surface area contributed by atoms with Crippen LogP contribution in [-0.2, 0) is 0 Å². The van der Waals surface area contributed by atoms with E-state index in [4.69, 9.17) is 21.2 Å². The van der Waals surface area contributed by atoms with Crippen molar-refractivity contribution in [2.24, 2.45) is 0 Å². The van der Waals surface area contributed by atoms with Crippen LogP contribution < -0.4 is 5.73 Å². The number of nitrogens with zero attached hydrogens (tertiary/aromatic N) is 1. The third-order valence-corrected chi connectivity index (χ3v) is 1.04. The maximum Gasteiger partial charge on any atom is 0.0991 e. The topological polar surface area (TPSA) is 90.3 Å². The van der Waals surface area contributed by atoms with Crippen molar-refractivity contribution in [1.29, 1.82) is 5.26 Å². The van der Waals surface area contributed by atoms with Crippen molar-refractivity contribution in [3.63, 3.8) is 0 Å². The van der Waals surface area contributed by atoms with Crippen molar-refractivity contribution in [3.05, 3.63) is 29.8 Å². The molecule has 0 bridgehead atoms. The number of aliphatic hydroxyl groups excluding tert-OH is 2. The minimum absolute atomic E-state index is 0.250. The molecule has 4 nitrogen and oxygen atoms in total. The van der Waals surface area contributed by atoms with Crippen molar-refractivity contribution in [1.82, 2.24) is 0 Å².